The Morgan fingerprint density at radius 1 is 1.13 bits per heavy atom. The Kier molecular flexibility index (Phi) is 10.1. The monoisotopic (exact) mass is 442 g/mol. The fourth-order valence-electron chi connectivity index (χ4n) is 3.64. The van der Waals surface area contributed by atoms with Gasteiger partial charge in [0.15, 0.2) is 0 Å². The Morgan fingerprint density at radius 2 is 1.87 bits per heavy atom. The van der Waals surface area contributed by atoms with Gasteiger partial charge in [-0.15, -0.1) is 0 Å². The lowest BCUT2D eigenvalue weighted by Crippen LogP contribution is -2.41. The molecule has 1 amide bonds. The standard InChI is InChI=1S/C25H34N2O3S/c1-5-14-27(6-2)17-19-11-12-21(22(16-19)20-10-8-7-9-18(20)3)24(28)26-23(25(29)30)13-15-31-4/h7-12,16,23H,5-6,13-15,17H2,1-4H3,(H,26,28)(H,29,30). The van der Waals surface area contributed by atoms with Crippen molar-refractivity contribution in [1.82, 2.24) is 10.2 Å². The molecule has 2 rings (SSSR count). The van der Waals surface area contributed by atoms with E-state index in [9.17, 15) is 14.7 Å². The number of hydrogen-bond donors (Lipinski definition) is 2. The Morgan fingerprint density at radius 3 is 2.48 bits per heavy atom. The summed E-state index contributed by atoms with van der Waals surface area (Å²) >= 11 is 1.57. The van der Waals surface area contributed by atoms with Gasteiger partial charge in [0.2, 0.25) is 0 Å². The van der Waals surface area contributed by atoms with E-state index in [1.54, 1.807) is 11.8 Å². The van der Waals surface area contributed by atoms with Crippen molar-refractivity contribution in [2.75, 3.05) is 25.1 Å². The highest BCUT2D eigenvalue weighted by molar-refractivity contribution is 7.98. The third-order valence-corrected chi connectivity index (χ3v) is 6.02. The molecule has 0 saturated carbocycles. The lowest BCUT2D eigenvalue weighted by atomic mass is 9.93. The van der Waals surface area contributed by atoms with Crippen molar-refractivity contribution in [3.05, 3.63) is 59.2 Å². The Labute approximate surface area is 190 Å². The zero-order chi connectivity index (χ0) is 22.8. The van der Waals surface area contributed by atoms with E-state index in [2.05, 4.69) is 30.1 Å². The van der Waals surface area contributed by atoms with Gasteiger partial charge < -0.3 is 10.4 Å². The smallest absolute Gasteiger partial charge is 0.326 e. The second-order valence-corrected chi connectivity index (χ2v) is 8.69. The van der Waals surface area contributed by atoms with Gasteiger partial charge in [-0.2, -0.15) is 11.8 Å². The largest absolute Gasteiger partial charge is 0.480 e. The quantitative estimate of drug-likeness (QED) is 0.493. The molecule has 2 aromatic carbocycles. The first-order valence-electron chi connectivity index (χ1n) is 10.8. The molecule has 0 bridgehead atoms. The van der Waals surface area contributed by atoms with Gasteiger partial charge in [0, 0.05) is 12.1 Å². The molecule has 168 valence electrons. The van der Waals surface area contributed by atoms with Crippen LogP contribution in [0.3, 0.4) is 0 Å². The van der Waals surface area contributed by atoms with Gasteiger partial charge in [0.25, 0.3) is 5.91 Å². The van der Waals surface area contributed by atoms with Crippen LogP contribution >= 0.6 is 11.8 Å². The van der Waals surface area contributed by atoms with Gasteiger partial charge in [-0.05, 0) is 79.3 Å². The lowest BCUT2D eigenvalue weighted by Gasteiger charge is -2.21. The number of benzene rings is 2. The van der Waals surface area contributed by atoms with Crippen LogP contribution in [0.2, 0.25) is 0 Å². The number of nitrogens with zero attached hydrogens (tertiary/aromatic N) is 1. The Bertz CT molecular complexity index is 885. The first-order valence-corrected chi connectivity index (χ1v) is 12.2. The van der Waals surface area contributed by atoms with Crippen LogP contribution in [0.1, 0.15) is 48.2 Å². The van der Waals surface area contributed by atoms with E-state index in [4.69, 9.17) is 0 Å². The van der Waals surface area contributed by atoms with Crippen LogP contribution in [-0.4, -0.2) is 53.0 Å². The summed E-state index contributed by atoms with van der Waals surface area (Å²) in [6.45, 7) is 9.15. The molecule has 31 heavy (non-hydrogen) atoms. The van der Waals surface area contributed by atoms with Crippen LogP contribution in [0, 0.1) is 6.92 Å². The van der Waals surface area contributed by atoms with Crippen molar-refractivity contribution in [2.24, 2.45) is 0 Å². The number of nitrogens with one attached hydrogen (secondary N) is 1. The average molecular weight is 443 g/mol. The predicted molar refractivity (Wildman–Crippen MR) is 130 cm³/mol. The highest BCUT2D eigenvalue weighted by Crippen LogP contribution is 2.29. The number of thioether (sulfide) groups is 1. The summed E-state index contributed by atoms with van der Waals surface area (Å²) in [5, 5.41) is 12.2. The van der Waals surface area contributed by atoms with Crippen molar-refractivity contribution in [2.45, 2.75) is 46.2 Å². The Balaban J connectivity index is 2.42. The van der Waals surface area contributed by atoms with Crippen LogP contribution < -0.4 is 5.32 Å². The summed E-state index contributed by atoms with van der Waals surface area (Å²) in [5.41, 5.74) is 4.56. The summed E-state index contributed by atoms with van der Waals surface area (Å²) in [5.74, 6) is -0.681. The van der Waals surface area contributed by atoms with E-state index in [0.717, 1.165) is 48.3 Å². The third kappa shape index (κ3) is 7.11. The summed E-state index contributed by atoms with van der Waals surface area (Å²) in [6, 6.07) is 13.0. The summed E-state index contributed by atoms with van der Waals surface area (Å²) < 4.78 is 0. The van der Waals surface area contributed by atoms with Crippen molar-refractivity contribution >= 4 is 23.6 Å². The molecule has 0 radical (unpaired) electrons. The minimum Gasteiger partial charge on any atom is -0.480 e. The SMILES string of the molecule is CCCN(CC)Cc1ccc(C(=O)NC(CCSC)C(=O)O)c(-c2ccccc2C)c1. The van der Waals surface area contributed by atoms with E-state index in [1.165, 1.54) is 0 Å². The maximum atomic E-state index is 13.1. The molecule has 1 unspecified atom stereocenters. The van der Waals surface area contributed by atoms with Crippen molar-refractivity contribution < 1.29 is 14.7 Å². The van der Waals surface area contributed by atoms with Crippen LogP contribution in [0.4, 0.5) is 0 Å². The first kappa shape index (κ1) is 25.0. The van der Waals surface area contributed by atoms with Gasteiger partial charge in [-0.1, -0.05) is 44.2 Å². The molecule has 2 aromatic rings. The van der Waals surface area contributed by atoms with Crippen LogP contribution in [0.15, 0.2) is 42.5 Å². The number of amides is 1. The number of aryl methyl sites for hydroxylation is 1. The molecule has 0 aliphatic carbocycles. The van der Waals surface area contributed by atoms with Gasteiger partial charge in [-0.3, -0.25) is 9.69 Å². The topological polar surface area (TPSA) is 69.6 Å². The number of carboxylic acids is 1. The maximum Gasteiger partial charge on any atom is 0.326 e. The molecule has 0 fully saturated rings. The normalized spacial score (nSPS) is 12.0. The second-order valence-electron chi connectivity index (χ2n) is 7.71. The van der Waals surface area contributed by atoms with Crippen molar-refractivity contribution in [3.63, 3.8) is 0 Å². The number of aliphatic carboxylic acids is 1. The zero-order valence-electron chi connectivity index (χ0n) is 19.0. The molecule has 2 N–H and O–H groups in total. The average Bonchev–Trinajstić information content (AvgIpc) is 2.76. The fourth-order valence-corrected chi connectivity index (χ4v) is 4.11. The number of hydrogen-bond acceptors (Lipinski definition) is 4. The molecule has 0 spiro atoms. The third-order valence-electron chi connectivity index (χ3n) is 5.37. The lowest BCUT2D eigenvalue weighted by molar-refractivity contribution is -0.139. The maximum absolute atomic E-state index is 13.1. The van der Waals surface area contributed by atoms with Crippen LogP contribution in [0.5, 0.6) is 0 Å². The predicted octanol–water partition coefficient (Wildman–Crippen LogP) is 4.83. The summed E-state index contributed by atoms with van der Waals surface area (Å²) in [4.78, 5) is 27.1. The fraction of sp³-hybridized carbons (Fsp3) is 0.440. The highest BCUT2D eigenvalue weighted by Gasteiger charge is 2.22. The molecule has 0 aliphatic rings. The molecule has 0 aliphatic heterocycles. The van der Waals surface area contributed by atoms with Crippen molar-refractivity contribution in [1.29, 1.82) is 0 Å². The van der Waals surface area contributed by atoms with E-state index < -0.39 is 12.0 Å². The summed E-state index contributed by atoms with van der Waals surface area (Å²) in [6.07, 6.45) is 3.40. The van der Waals surface area contributed by atoms with E-state index in [0.29, 0.717) is 17.7 Å². The Hall–Kier alpha value is -2.31. The molecular weight excluding hydrogens is 408 g/mol. The van der Waals surface area contributed by atoms with Gasteiger partial charge >= 0.3 is 5.97 Å². The minimum atomic E-state index is -1.00. The highest BCUT2D eigenvalue weighted by atomic mass is 32.2. The molecule has 0 aromatic heterocycles. The molecule has 0 heterocycles. The van der Waals surface area contributed by atoms with Gasteiger partial charge in [0.05, 0.1) is 0 Å². The number of carbonyl (C=O) groups excluding carboxylic acids is 1. The minimum absolute atomic E-state index is 0.348. The van der Waals surface area contributed by atoms with E-state index in [1.807, 2.05) is 49.6 Å². The number of carboxylic acid groups (broad SMARTS) is 1. The van der Waals surface area contributed by atoms with Crippen molar-refractivity contribution in [3.8, 4) is 11.1 Å². The zero-order valence-corrected chi connectivity index (χ0v) is 19.8. The van der Waals surface area contributed by atoms with Gasteiger partial charge in [-0.25, -0.2) is 4.79 Å². The number of carbonyl (C=O) groups is 2. The van der Waals surface area contributed by atoms with Crippen LogP contribution in [0.25, 0.3) is 11.1 Å². The van der Waals surface area contributed by atoms with Gasteiger partial charge in [0.1, 0.15) is 6.04 Å². The molecule has 0 saturated heterocycles. The number of rotatable bonds is 12. The van der Waals surface area contributed by atoms with E-state index in [-0.39, 0.29) is 5.91 Å². The van der Waals surface area contributed by atoms with Crippen LogP contribution in [-0.2, 0) is 11.3 Å². The second kappa shape index (κ2) is 12.5. The molecule has 5 nitrogen and oxygen atoms in total. The summed E-state index contributed by atoms with van der Waals surface area (Å²) in [7, 11) is 0. The first-order chi connectivity index (χ1) is 14.9. The molecule has 1 atom stereocenters. The van der Waals surface area contributed by atoms with E-state index >= 15 is 0 Å². The molecular formula is C25H34N2O3S. The molecule has 6 heteroatoms.